The number of rotatable bonds is 4. The van der Waals surface area contributed by atoms with Crippen LogP contribution in [-0.2, 0) is 9.53 Å². The molecule has 2 amide bonds. The average Bonchev–Trinajstić information content (AvgIpc) is 3.41. The Balaban J connectivity index is 1.39. The van der Waals surface area contributed by atoms with E-state index >= 15 is 0 Å². The average molecular weight is 391 g/mol. The van der Waals surface area contributed by atoms with Gasteiger partial charge < -0.3 is 25.3 Å². The monoisotopic (exact) mass is 391 g/mol. The van der Waals surface area contributed by atoms with Gasteiger partial charge in [0.25, 0.3) is 5.91 Å². The molecule has 1 aromatic carbocycles. The van der Waals surface area contributed by atoms with Crippen molar-refractivity contribution in [3.63, 3.8) is 0 Å². The summed E-state index contributed by atoms with van der Waals surface area (Å²) < 4.78 is 5.69. The lowest BCUT2D eigenvalue weighted by Crippen LogP contribution is -2.44. The Bertz CT molecular complexity index is 1090. The normalized spacial score (nSPS) is 18.6. The van der Waals surface area contributed by atoms with E-state index in [1.807, 2.05) is 30.5 Å². The van der Waals surface area contributed by atoms with E-state index in [0.29, 0.717) is 29.3 Å². The summed E-state index contributed by atoms with van der Waals surface area (Å²) in [4.78, 5) is 34.5. The van der Waals surface area contributed by atoms with Gasteiger partial charge in [-0.1, -0.05) is 0 Å². The standard InChI is InChI=1S/C21H21N5O3/c27-19-11-24-20-18(26(19)12-16-2-1-7-29-16)9-14(10-23-20)21(28)25-15-3-4-17-13(8-15)5-6-22-17/h3-6,8-10,16,22H,1-2,7,11-12H2,(H,23,24)(H,25,28). The van der Waals surface area contributed by atoms with Crippen molar-refractivity contribution in [2.24, 2.45) is 0 Å². The van der Waals surface area contributed by atoms with Crippen molar-refractivity contribution in [3.8, 4) is 0 Å². The van der Waals surface area contributed by atoms with Gasteiger partial charge in [0.05, 0.1) is 30.4 Å². The Morgan fingerprint density at radius 2 is 2.24 bits per heavy atom. The van der Waals surface area contributed by atoms with E-state index in [4.69, 9.17) is 4.74 Å². The van der Waals surface area contributed by atoms with Gasteiger partial charge in [0.15, 0.2) is 0 Å². The van der Waals surface area contributed by atoms with Crippen molar-refractivity contribution in [1.29, 1.82) is 0 Å². The number of pyridine rings is 1. The molecule has 2 aliphatic heterocycles. The predicted octanol–water partition coefficient (Wildman–Crippen LogP) is 2.75. The maximum Gasteiger partial charge on any atom is 0.257 e. The van der Waals surface area contributed by atoms with Gasteiger partial charge in [0, 0.05) is 35.6 Å². The Kier molecular flexibility index (Phi) is 4.40. The van der Waals surface area contributed by atoms with Crippen molar-refractivity contribution < 1.29 is 14.3 Å². The number of carbonyl (C=O) groups is 2. The molecule has 5 rings (SSSR count). The minimum atomic E-state index is -0.273. The van der Waals surface area contributed by atoms with Crippen LogP contribution in [0.2, 0.25) is 0 Å². The molecule has 1 atom stereocenters. The summed E-state index contributed by atoms with van der Waals surface area (Å²) in [6, 6.07) is 9.33. The van der Waals surface area contributed by atoms with Gasteiger partial charge in [-0.25, -0.2) is 4.98 Å². The van der Waals surface area contributed by atoms with E-state index in [0.717, 1.165) is 30.4 Å². The maximum atomic E-state index is 12.8. The van der Waals surface area contributed by atoms with Gasteiger partial charge in [0.2, 0.25) is 5.91 Å². The number of benzene rings is 1. The lowest BCUT2D eigenvalue weighted by Gasteiger charge is -2.31. The largest absolute Gasteiger partial charge is 0.376 e. The molecule has 0 saturated carbocycles. The molecule has 2 aliphatic rings. The van der Waals surface area contributed by atoms with Crippen LogP contribution in [0.15, 0.2) is 42.7 Å². The van der Waals surface area contributed by atoms with Gasteiger partial charge in [-0.3, -0.25) is 9.59 Å². The Morgan fingerprint density at radius 1 is 1.31 bits per heavy atom. The van der Waals surface area contributed by atoms with Gasteiger partial charge in [-0.05, 0) is 43.2 Å². The first-order valence-corrected chi connectivity index (χ1v) is 9.72. The molecule has 0 radical (unpaired) electrons. The summed E-state index contributed by atoms with van der Waals surface area (Å²) in [7, 11) is 0. The van der Waals surface area contributed by atoms with Crippen LogP contribution in [0.1, 0.15) is 23.2 Å². The van der Waals surface area contributed by atoms with Crippen LogP contribution in [-0.4, -0.2) is 47.6 Å². The molecule has 0 bridgehead atoms. The summed E-state index contributed by atoms with van der Waals surface area (Å²) in [6.45, 7) is 1.39. The van der Waals surface area contributed by atoms with Crippen LogP contribution in [0.4, 0.5) is 17.2 Å². The molecule has 8 nitrogen and oxygen atoms in total. The second-order valence-corrected chi connectivity index (χ2v) is 7.32. The van der Waals surface area contributed by atoms with E-state index in [1.165, 1.54) is 6.20 Å². The number of hydrogen-bond acceptors (Lipinski definition) is 5. The molecule has 1 saturated heterocycles. The van der Waals surface area contributed by atoms with E-state index in [9.17, 15) is 9.59 Å². The van der Waals surface area contributed by atoms with Gasteiger partial charge in [-0.15, -0.1) is 0 Å². The number of hydrogen-bond donors (Lipinski definition) is 3. The number of nitrogens with zero attached hydrogens (tertiary/aromatic N) is 2. The SMILES string of the molecule is O=C(Nc1ccc2[nH]ccc2c1)c1cnc2c(c1)N(CC1CCCO1)C(=O)CN2. The lowest BCUT2D eigenvalue weighted by atomic mass is 10.1. The minimum absolute atomic E-state index is 0.0236. The van der Waals surface area contributed by atoms with E-state index in [1.54, 1.807) is 11.0 Å². The molecule has 148 valence electrons. The number of amides is 2. The van der Waals surface area contributed by atoms with Crippen LogP contribution >= 0.6 is 0 Å². The summed E-state index contributed by atoms with van der Waals surface area (Å²) in [6.07, 6.45) is 5.34. The van der Waals surface area contributed by atoms with Gasteiger partial charge in [-0.2, -0.15) is 0 Å². The topological polar surface area (TPSA) is 99.3 Å². The lowest BCUT2D eigenvalue weighted by molar-refractivity contribution is -0.117. The number of ether oxygens (including phenoxy) is 1. The van der Waals surface area contributed by atoms with Crippen molar-refractivity contribution in [2.45, 2.75) is 18.9 Å². The maximum absolute atomic E-state index is 12.8. The fraction of sp³-hybridized carbons (Fsp3) is 0.286. The van der Waals surface area contributed by atoms with E-state index in [2.05, 4.69) is 20.6 Å². The molecule has 0 spiro atoms. The molecule has 3 N–H and O–H groups in total. The smallest absolute Gasteiger partial charge is 0.257 e. The fourth-order valence-corrected chi connectivity index (χ4v) is 3.83. The van der Waals surface area contributed by atoms with Crippen molar-refractivity contribution >= 4 is 39.9 Å². The first kappa shape index (κ1) is 17.7. The second kappa shape index (κ2) is 7.21. The van der Waals surface area contributed by atoms with Gasteiger partial charge in [0.1, 0.15) is 5.82 Å². The van der Waals surface area contributed by atoms with Crippen LogP contribution < -0.4 is 15.5 Å². The van der Waals surface area contributed by atoms with Crippen LogP contribution in [0, 0.1) is 0 Å². The highest BCUT2D eigenvalue weighted by Crippen LogP contribution is 2.30. The van der Waals surface area contributed by atoms with E-state index in [-0.39, 0.29) is 24.5 Å². The molecule has 1 fully saturated rings. The molecular formula is C21H21N5O3. The Morgan fingerprint density at radius 3 is 3.10 bits per heavy atom. The number of aromatic amines is 1. The molecule has 4 heterocycles. The number of aromatic nitrogens is 2. The number of nitrogens with one attached hydrogen (secondary N) is 3. The third-order valence-electron chi connectivity index (χ3n) is 5.35. The summed E-state index contributed by atoms with van der Waals surface area (Å²) in [5, 5.41) is 6.94. The third kappa shape index (κ3) is 3.42. The molecule has 8 heteroatoms. The fourth-order valence-electron chi connectivity index (χ4n) is 3.83. The van der Waals surface area contributed by atoms with Crippen LogP contribution in [0.5, 0.6) is 0 Å². The molecule has 3 aromatic rings. The minimum Gasteiger partial charge on any atom is -0.376 e. The highest BCUT2D eigenvalue weighted by molar-refractivity contribution is 6.08. The molecule has 1 unspecified atom stereocenters. The van der Waals surface area contributed by atoms with Crippen LogP contribution in [0.25, 0.3) is 10.9 Å². The Hall–Kier alpha value is -3.39. The molecule has 29 heavy (non-hydrogen) atoms. The van der Waals surface area contributed by atoms with Crippen LogP contribution in [0.3, 0.4) is 0 Å². The van der Waals surface area contributed by atoms with E-state index < -0.39 is 0 Å². The zero-order valence-corrected chi connectivity index (χ0v) is 15.8. The van der Waals surface area contributed by atoms with Crippen molar-refractivity contribution in [3.05, 3.63) is 48.3 Å². The first-order chi connectivity index (χ1) is 14.2. The number of H-pyrrole nitrogens is 1. The zero-order valence-electron chi connectivity index (χ0n) is 15.8. The Labute approximate surface area is 167 Å². The summed E-state index contributed by atoms with van der Waals surface area (Å²) in [5.74, 6) is 0.281. The molecular weight excluding hydrogens is 370 g/mol. The zero-order chi connectivity index (χ0) is 19.8. The summed E-state index contributed by atoms with van der Waals surface area (Å²) >= 11 is 0. The van der Waals surface area contributed by atoms with Gasteiger partial charge >= 0.3 is 0 Å². The molecule has 2 aromatic heterocycles. The third-order valence-corrected chi connectivity index (χ3v) is 5.35. The predicted molar refractivity (Wildman–Crippen MR) is 110 cm³/mol. The number of anilines is 3. The first-order valence-electron chi connectivity index (χ1n) is 9.72. The number of fused-ring (bicyclic) bond motifs is 2. The molecule has 0 aliphatic carbocycles. The highest BCUT2D eigenvalue weighted by atomic mass is 16.5. The second-order valence-electron chi connectivity index (χ2n) is 7.32. The quantitative estimate of drug-likeness (QED) is 0.635. The van der Waals surface area contributed by atoms with Crippen molar-refractivity contribution in [1.82, 2.24) is 9.97 Å². The highest BCUT2D eigenvalue weighted by Gasteiger charge is 2.29. The number of carbonyl (C=O) groups excluding carboxylic acids is 2. The summed E-state index contributed by atoms with van der Waals surface area (Å²) in [5.41, 5.74) is 2.72. The van der Waals surface area contributed by atoms with Crippen molar-refractivity contribution in [2.75, 3.05) is 35.2 Å².